The number of carbonyl (C=O) groups excluding carboxylic acids is 2. The highest BCUT2D eigenvalue weighted by Crippen LogP contribution is 2.26. The molecule has 3 rings (SSSR count). The van der Waals surface area contributed by atoms with Crippen molar-refractivity contribution in [2.45, 2.75) is 31.7 Å². The lowest BCUT2D eigenvalue weighted by molar-refractivity contribution is -0.131. The van der Waals surface area contributed by atoms with Crippen LogP contribution in [-0.4, -0.2) is 27.8 Å². The maximum absolute atomic E-state index is 12.4. The van der Waals surface area contributed by atoms with E-state index in [0.717, 1.165) is 11.3 Å². The Labute approximate surface area is 152 Å². The van der Waals surface area contributed by atoms with E-state index in [1.165, 1.54) is 0 Å². The highest BCUT2D eigenvalue weighted by molar-refractivity contribution is 6.07. The van der Waals surface area contributed by atoms with Gasteiger partial charge in [0.05, 0.1) is 17.7 Å². The third-order valence-corrected chi connectivity index (χ3v) is 4.51. The minimum atomic E-state index is -0.592. The molecule has 1 fully saturated rings. The number of aromatic nitrogens is 2. The molecule has 1 saturated heterocycles. The first-order valence-corrected chi connectivity index (χ1v) is 8.45. The quantitative estimate of drug-likeness (QED) is 0.570. The van der Waals surface area contributed by atoms with Crippen LogP contribution in [0.1, 0.15) is 30.8 Å². The van der Waals surface area contributed by atoms with Crippen molar-refractivity contribution < 1.29 is 9.59 Å². The zero-order chi connectivity index (χ0) is 18.7. The fraction of sp³-hybridized carbons (Fsp3) is 0.250. The number of hydrogen-bond donors (Lipinski definition) is 3. The molecule has 2 aromatic rings. The fourth-order valence-corrected chi connectivity index (χ4v) is 2.84. The van der Waals surface area contributed by atoms with Crippen LogP contribution in [0.3, 0.4) is 0 Å². The summed E-state index contributed by atoms with van der Waals surface area (Å²) in [6, 6.07) is 8.99. The van der Waals surface area contributed by atoms with Crippen LogP contribution in [0.2, 0.25) is 0 Å². The second-order valence-electron chi connectivity index (χ2n) is 6.85. The van der Waals surface area contributed by atoms with Crippen molar-refractivity contribution in [3.05, 3.63) is 72.0 Å². The number of nitrogens with one attached hydrogen (secondary N) is 3. The van der Waals surface area contributed by atoms with Crippen molar-refractivity contribution in [1.29, 1.82) is 0 Å². The summed E-state index contributed by atoms with van der Waals surface area (Å²) in [6.45, 7) is 7.82. The molecule has 1 aromatic carbocycles. The maximum Gasteiger partial charge on any atom is 0.268 e. The van der Waals surface area contributed by atoms with E-state index in [1.807, 2.05) is 44.2 Å². The molecule has 0 spiro atoms. The van der Waals surface area contributed by atoms with E-state index >= 15 is 0 Å². The van der Waals surface area contributed by atoms with E-state index in [-0.39, 0.29) is 22.9 Å². The second-order valence-corrected chi connectivity index (χ2v) is 6.85. The Balaban J connectivity index is 1.79. The molecule has 3 N–H and O–H groups in total. The first kappa shape index (κ1) is 17.7. The number of aromatic amines is 1. The summed E-state index contributed by atoms with van der Waals surface area (Å²) in [5, 5.41) is 5.47. The Kier molecular flexibility index (Phi) is 4.75. The van der Waals surface area contributed by atoms with Gasteiger partial charge in [-0.05, 0) is 11.6 Å². The van der Waals surface area contributed by atoms with Crippen molar-refractivity contribution >= 4 is 17.9 Å². The van der Waals surface area contributed by atoms with Crippen LogP contribution < -0.4 is 10.6 Å². The van der Waals surface area contributed by atoms with Crippen molar-refractivity contribution in [2.75, 3.05) is 0 Å². The van der Waals surface area contributed by atoms with Crippen LogP contribution in [0, 0.1) is 0 Å². The predicted molar refractivity (Wildman–Crippen MR) is 100 cm³/mol. The monoisotopic (exact) mass is 350 g/mol. The van der Waals surface area contributed by atoms with Gasteiger partial charge in [-0.1, -0.05) is 50.3 Å². The van der Waals surface area contributed by atoms with Gasteiger partial charge in [0.1, 0.15) is 11.7 Å². The summed E-state index contributed by atoms with van der Waals surface area (Å²) >= 11 is 0. The normalized spacial score (nSPS) is 19.2. The number of benzene rings is 1. The Morgan fingerprint density at radius 2 is 1.96 bits per heavy atom. The topological polar surface area (TPSA) is 86.9 Å². The number of hydrogen-bond acceptors (Lipinski definition) is 3. The van der Waals surface area contributed by atoms with E-state index in [9.17, 15) is 9.59 Å². The van der Waals surface area contributed by atoms with Crippen LogP contribution in [0.4, 0.5) is 0 Å². The molecule has 1 aliphatic rings. The maximum atomic E-state index is 12.4. The molecule has 1 atom stereocenters. The highest BCUT2D eigenvalue weighted by Gasteiger charge is 2.30. The summed E-state index contributed by atoms with van der Waals surface area (Å²) in [5.41, 5.74) is 2.26. The van der Waals surface area contributed by atoms with Crippen LogP contribution in [0.15, 0.2) is 55.0 Å². The molecular weight excluding hydrogens is 328 g/mol. The lowest BCUT2D eigenvalue weighted by Crippen LogP contribution is -2.55. The predicted octanol–water partition coefficient (Wildman–Crippen LogP) is 2.07. The molecule has 0 saturated carbocycles. The fourth-order valence-electron chi connectivity index (χ4n) is 2.84. The third-order valence-electron chi connectivity index (χ3n) is 4.51. The van der Waals surface area contributed by atoms with Gasteiger partial charge in [-0.15, -0.1) is 6.58 Å². The molecule has 6 nitrogen and oxygen atoms in total. The molecule has 0 aliphatic carbocycles. The number of nitrogens with zero attached hydrogens (tertiary/aromatic N) is 1. The summed E-state index contributed by atoms with van der Waals surface area (Å²) in [6.07, 6.45) is 5.40. The molecule has 6 heteroatoms. The van der Waals surface area contributed by atoms with E-state index in [2.05, 4.69) is 27.2 Å². The second kappa shape index (κ2) is 7.00. The summed E-state index contributed by atoms with van der Waals surface area (Å²) in [4.78, 5) is 32.2. The molecule has 1 unspecified atom stereocenters. The molecule has 26 heavy (non-hydrogen) atoms. The van der Waals surface area contributed by atoms with Gasteiger partial charge in [0.25, 0.3) is 5.91 Å². The van der Waals surface area contributed by atoms with Gasteiger partial charge in [-0.2, -0.15) is 0 Å². The smallest absolute Gasteiger partial charge is 0.268 e. The van der Waals surface area contributed by atoms with Gasteiger partial charge >= 0.3 is 0 Å². The van der Waals surface area contributed by atoms with Crippen LogP contribution >= 0.6 is 0 Å². The van der Waals surface area contributed by atoms with Crippen molar-refractivity contribution in [2.24, 2.45) is 0 Å². The Morgan fingerprint density at radius 1 is 1.23 bits per heavy atom. The Morgan fingerprint density at radius 3 is 2.65 bits per heavy atom. The largest absolute Gasteiger partial charge is 0.347 e. The first-order chi connectivity index (χ1) is 12.4. The number of rotatable bonds is 5. The van der Waals surface area contributed by atoms with Gasteiger partial charge in [0, 0.05) is 11.8 Å². The van der Waals surface area contributed by atoms with E-state index < -0.39 is 6.04 Å². The minimum absolute atomic E-state index is 0.188. The first-order valence-electron chi connectivity index (χ1n) is 8.45. The van der Waals surface area contributed by atoms with Crippen LogP contribution in [0.25, 0.3) is 6.08 Å². The number of imidazole rings is 1. The third kappa shape index (κ3) is 3.59. The molecule has 134 valence electrons. The van der Waals surface area contributed by atoms with Crippen molar-refractivity contribution in [1.82, 2.24) is 20.6 Å². The summed E-state index contributed by atoms with van der Waals surface area (Å²) in [7, 11) is 0. The number of H-pyrrole nitrogens is 1. The lowest BCUT2D eigenvalue weighted by atomic mass is 9.88. The molecule has 0 bridgehead atoms. The molecule has 1 aliphatic heterocycles. The summed E-state index contributed by atoms with van der Waals surface area (Å²) in [5.74, 6) is -0.560. The number of piperazine rings is 1. The number of amides is 2. The SMILES string of the molecule is C=CC(C)(C)c1[nH]cnc1C=C1NC(=O)C(Cc2ccccc2)NC1=O. The van der Waals surface area contributed by atoms with E-state index in [0.29, 0.717) is 12.1 Å². The van der Waals surface area contributed by atoms with Gasteiger partial charge in [-0.3, -0.25) is 9.59 Å². The van der Waals surface area contributed by atoms with E-state index in [4.69, 9.17) is 0 Å². The van der Waals surface area contributed by atoms with Gasteiger partial charge < -0.3 is 15.6 Å². The highest BCUT2D eigenvalue weighted by atomic mass is 16.2. The van der Waals surface area contributed by atoms with Crippen molar-refractivity contribution in [3.8, 4) is 0 Å². The minimum Gasteiger partial charge on any atom is -0.347 e. The number of carbonyl (C=O) groups is 2. The van der Waals surface area contributed by atoms with Gasteiger partial charge in [-0.25, -0.2) is 4.98 Å². The van der Waals surface area contributed by atoms with Gasteiger partial charge in [0.15, 0.2) is 0 Å². The number of allylic oxidation sites excluding steroid dienone is 1. The van der Waals surface area contributed by atoms with Crippen LogP contribution in [-0.2, 0) is 21.4 Å². The average molecular weight is 350 g/mol. The standard InChI is InChI=1S/C20H22N4O2/c1-4-20(2,3)17-14(21-12-22-17)11-16-19(26)23-15(18(25)24-16)10-13-8-6-5-7-9-13/h4-9,11-12,15H,1,10H2,2-3H3,(H,21,22)(H,23,26)(H,24,25). The zero-order valence-corrected chi connectivity index (χ0v) is 14.9. The molecule has 2 heterocycles. The molecule has 2 amide bonds. The van der Waals surface area contributed by atoms with E-state index in [1.54, 1.807) is 18.5 Å². The molecule has 1 aromatic heterocycles. The Bertz CT molecular complexity index is 865. The Hall–Kier alpha value is -3.15. The van der Waals surface area contributed by atoms with Gasteiger partial charge in [0.2, 0.25) is 5.91 Å². The van der Waals surface area contributed by atoms with Crippen molar-refractivity contribution in [3.63, 3.8) is 0 Å². The average Bonchev–Trinajstić information content (AvgIpc) is 3.09. The summed E-state index contributed by atoms with van der Waals surface area (Å²) < 4.78 is 0. The zero-order valence-electron chi connectivity index (χ0n) is 14.9. The lowest BCUT2D eigenvalue weighted by Gasteiger charge is -2.25. The molecular formula is C20H22N4O2. The molecule has 0 radical (unpaired) electrons. The van der Waals surface area contributed by atoms with Crippen LogP contribution in [0.5, 0.6) is 0 Å².